The first kappa shape index (κ1) is 12.4. The highest BCUT2D eigenvalue weighted by molar-refractivity contribution is 8.00. The fourth-order valence-corrected chi connectivity index (χ4v) is 3.48. The molecule has 0 fully saturated rings. The number of fused-ring (bicyclic) bond motifs is 1. The van der Waals surface area contributed by atoms with Gasteiger partial charge in [-0.25, -0.2) is 4.98 Å². The Morgan fingerprint density at radius 1 is 1.32 bits per heavy atom. The molecule has 2 N–H and O–H groups in total. The Morgan fingerprint density at radius 2 is 2.21 bits per heavy atom. The zero-order chi connectivity index (χ0) is 13.2. The first-order valence-corrected chi connectivity index (χ1v) is 7.55. The van der Waals surface area contributed by atoms with Crippen molar-refractivity contribution in [1.82, 2.24) is 14.3 Å². The molecule has 6 heteroatoms. The van der Waals surface area contributed by atoms with E-state index >= 15 is 0 Å². The van der Waals surface area contributed by atoms with Gasteiger partial charge in [0, 0.05) is 23.0 Å². The lowest BCUT2D eigenvalue weighted by atomic mass is 10.1. The average molecular weight is 288 g/mol. The van der Waals surface area contributed by atoms with Crippen LogP contribution in [0.2, 0.25) is 0 Å². The fourth-order valence-electron chi connectivity index (χ4n) is 1.85. The van der Waals surface area contributed by atoms with E-state index in [0.717, 1.165) is 32.5 Å². The molecule has 0 unspecified atom stereocenters. The number of hydrogen-bond acceptors (Lipinski definition) is 6. The van der Waals surface area contributed by atoms with Crippen LogP contribution in [0.5, 0.6) is 0 Å². The molecule has 2 aromatic heterocycles. The summed E-state index contributed by atoms with van der Waals surface area (Å²) in [6.45, 7) is 1.90. The zero-order valence-corrected chi connectivity index (χ0v) is 12.0. The van der Waals surface area contributed by atoms with E-state index in [1.165, 1.54) is 17.1 Å². The van der Waals surface area contributed by atoms with Gasteiger partial charge in [0.1, 0.15) is 5.82 Å². The van der Waals surface area contributed by atoms with Crippen molar-refractivity contribution in [3.05, 3.63) is 41.9 Å². The van der Waals surface area contributed by atoms with Gasteiger partial charge in [-0.1, -0.05) is 17.8 Å². The standard InChI is InChI=1S/C13H12N4S2/c1-8-16-13(19-17-8)18-7-9-4-5-11(14)10-3-2-6-15-12(9)10/h2-6H,7,14H2,1H3. The van der Waals surface area contributed by atoms with Crippen LogP contribution < -0.4 is 5.73 Å². The van der Waals surface area contributed by atoms with Crippen LogP contribution in [0.1, 0.15) is 11.4 Å². The van der Waals surface area contributed by atoms with Gasteiger partial charge < -0.3 is 5.73 Å². The Balaban J connectivity index is 1.91. The minimum atomic E-state index is 0.767. The normalized spacial score (nSPS) is 11.0. The second-order valence-electron chi connectivity index (χ2n) is 4.11. The quantitative estimate of drug-likeness (QED) is 0.592. The summed E-state index contributed by atoms with van der Waals surface area (Å²) in [5.41, 5.74) is 8.87. The molecule has 0 saturated heterocycles. The molecule has 4 nitrogen and oxygen atoms in total. The number of nitrogens with two attached hydrogens (primary N) is 1. The fraction of sp³-hybridized carbons (Fsp3) is 0.154. The van der Waals surface area contributed by atoms with Crippen molar-refractivity contribution in [2.75, 3.05) is 5.73 Å². The summed E-state index contributed by atoms with van der Waals surface area (Å²) < 4.78 is 5.16. The molecule has 1 aromatic carbocycles. The summed E-state index contributed by atoms with van der Waals surface area (Å²) in [6, 6.07) is 7.88. The Labute approximate surface area is 119 Å². The van der Waals surface area contributed by atoms with Crippen LogP contribution in [0.25, 0.3) is 10.9 Å². The average Bonchev–Trinajstić information content (AvgIpc) is 2.84. The van der Waals surface area contributed by atoms with E-state index in [-0.39, 0.29) is 0 Å². The number of thioether (sulfide) groups is 1. The van der Waals surface area contributed by atoms with Crippen LogP contribution in [0.15, 0.2) is 34.8 Å². The van der Waals surface area contributed by atoms with Gasteiger partial charge >= 0.3 is 0 Å². The molecule has 0 spiro atoms. The molecule has 0 bridgehead atoms. The van der Waals surface area contributed by atoms with E-state index in [1.807, 2.05) is 31.2 Å². The third kappa shape index (κ3) is 2.54. The van der Waals surface area contributed by atoms with E-state index in [0.29, 0.717) is 0 Å². The number of nitrogens with zero attached hydrogens (tertiary/aromatic N) is 3. The molecule has 3 aromatic rings. The maximum absolute atomic E-state index is 5.97. The first-order chi connectivity index (χ1) is 9.24. The van der Waals surface area contributed by atoms with Crippen LogP contribution in [-0.2, 0) is 5.75 Å². The lowest BCUT2D eigenvalue weighted by molar-refractivity contribution is 1.10. The van der Waals surface area contributed by atoms with E-state index in [2.05, 4.69) is 14.3 Å². The van der Waals surface area contributed by atoms with Gasteiger partial charge in [0.25, 0.3) is 0 Å². The maximum Gasteiger partial charge on any atom is 0.170 e. The SMILES string of the molecule is Cc1nsc(SCc2ccc(N)c3cccnc23)n1. The van der Waals surface area contributed by atoms with Crippen molar-refractivity contribution in [2.24, 2.45) is 0 Å². The molecule has 0 aliphatic heterocycles. The smallest absolute Gasteiger partial charge is 0.170 e. The second kappa shape index (κ2) is 5.14. The highest BCUT2D eigenvalue weighted by Gasteiger charge is 2.07. The number of anilines is 1. The Hall–Kier alpha value is -1.66. The van der Waals surface area contributed by atoms with Gasteiger partial charge in [-0.2, -0.15) is 4.37 Å². The highest BCUT2D eigenvalue weighted by atomic mass is 32.2. The number of pyridine rings is 1. The maximum atomic E-state index is 5.97. The lowest BCUT2D eigenvalue weighted by Crippen LogP contribution is -1.92. The van der Waals surface area contributed by atoms with E-state index in [4.69, 9.17) is 5.73 Å². The van der Waals surface area contributed by atoms with Gasteiger partial charge in [-0.05, 0) is 42.2 Å². The third-order valence-electron chi connectivity index (χ3n) is 2.75. The van der Waals surface area contributed by atoms with Crippen molar-refractivity contribution >= 4 is 39.9 Å². The lowest BCUT2D eigenvalue weighted by Gasteiger charge is -2.06. The first-order valence-electron chi connectivity index (χ1n) is 5.79. The van der Waals surface area contributed by atoms with Crippen molar-refractivity contribution in [3.63, 3.8) is 0 Å². The minimum Gasteiger partial charge on any atom is -0.398 e. The summed E-state index contributed by atoms with van der Waals surface area (Å²) in [6.07, 6.45) is 1.80. The molecule has 0 saturated carbocycles. The van der Waals surface area contributed by atoms with Gasteiger partial charge in [0.2, 0.25) is 0 Å². The van der Waals surface area contributed by atoms with E-state index < -0.39 is 0 Å². The summed E-state index contributed by atoms with van der Waals surface area (Å²) in [4.78, 5) is 8.78. The van der Waals surface area contributed by atoms with Crippen molar-refractivity contribution in [3.8, 4) is 0 Å². The minimum absolute atomic E-state index is 0.767. The molecule has 3 rings (SSSR count). The number of nitrogen functional groups attached to an aromatic ring is 1. The Kier molecular flexibility index (Phi) is 3.35. The summed E-state index contributed by atoms with van der Waals surface area (Å²) in [7, 11) is 0. The monoisotopic (exact) mass is 288 g/mol. The summed E-state index contributed by atoms with van der Waals surface area (Å²) in [5, 5.41) is 1.01. The van der Waals surface area contributed by atoms with Crippen LogP contribution in [-0.4, -0.2) is 14.3 Å². The van der Waals surface area contributed by atoms with Crippen LogP contribution in [0.4, 0.5) is 5.69 Å². The number of benzene rings is 1. The number of rotatable bonds is 3. The van der Waals surface area contributed by atoms with Crippen molar-refractivity contribution in [2.45, 2.75) is 17.0 Å². The van der Waals surface area contributed by atoms with Gasteiger partial charge in [-0.15, -0.1) is 0 Å². The molecule has 0 radical (unpaired) electrons. The molecule has 19 heavy (non-hydrogen) atoms. The van der Waals surface area contributed by atoms with Gasteiger partial charge in [0.15, 0.2) is 4.34 Å². The molecule has 0 aliphatic carbocycles. The van der Waals surface area contributed by atoms with Crippen molar-refractivity contribution < 1.29 is 0 Å². The zero-order valence-electron chi connectivity index (χ0n) is 10.3. The number of aromatic nitrogens is 3. The number of hydrogen-bond donors (Lipinski definition) is 1. The molecule has 0 atom stereocenters. The molecular formula is C13H12N4S2. The largest absolute Gasteiger partial charge is 0.398 e. The van der Waals surface area contributed by atoms with Gasteiger partial charge in [-0.3, -0.25) is 4.98 Å². The van der Waals surface area contributed by atoms with Crippen LogP contribution >= 0.6 is 23.3 Å². The second-order valence-corrected chi connectivity index (χ2v) is 6.08. The summed E-state index contributed by atoms with van der Waals surface area (Å²) in [5.74, 6) is 1.65. The molecule has 96 valence electrons. The Bertz CT molecular complexity index is 723. The molecule has 0 aliphatic rings. The predicted octanol–water partition coefficient (Wildman–Crippen LogP) is 3.27. The number of aryl methyl sites for hydroxylation is 1. The van der Waals surface area contributed by atoms with E-state index in [9.17, 15) is 0 Å². The third-order valence-corrected chi connectivity index (χ3v) is 4.72. The molecule has 0 amide bonds. The highest BCUT2D eigenvalue weighted by Crippen LogP contribution is 2.29. The van der Waals surface area contributed by atoms with Crippen molar-refractivity contribution in [1.29, 1.82) is 0 Å². The topological polar surface area (TPSA) is 64.7 Å². The van der Waals surface area contributed by atoms with Gasteiger partial charge in [0.05, 0.1) is 5.52 Å². The summed E-state index contributed by atoms with van der Waals surface area (Å²) >= 11 is 3.11. The van der Waals surface area contributed by atoms with E-state index in [1.54, 1.807) is 18.0 Å². The van der Waals surface area contributed by atoms with Crippen LogP contribution in [0.3, 0.4) is 0 Å². The van der Waals surface area contributed by atoms with Crippen LogP contribution in [0, 0.1) is 6.92 Å². The molecule has 2 heterocycles. The Morgan fingerprint density at radius 3 is 3.00 bits per heavy atom. The predicted molar refractivity (Wildman–Crippen MR) is 80.4 cm³/mol. The molecular weight excluding hydrogens is 276 g/mol.